The molecule has 0 fully saturated rings. The Kier molecular flexibility index (Phi) is 37.0. The first kappa shape index (κ1) is 46.9. The molecule has 0 radical (unpaired) electrons. The average Bonchev–Trinajstić information content (AvgIpc) is 3.09. The van der Waals surface area contributed by atoms with Gasteiger partial charge in [0.2, 0.25) is 0 Å². The Morgan fingerprint density at radius 3 is 1.18 bits per heavy atom. The summed E-state index contributed by atoms with van der Waals surface area (Å²) in [6.45, 7) is 5.90. The van der Waals surface area contributed by atoms with E-state index in [2.05, 4.69) is 62.5 Å². The van der Waals surface area contributed by atoms with E-state index in [0.717, 1.165) is 64.2 Å². The molecule has 0 heterocycles. The average molecular weight is 686 g/mol. The van der Waals surface area contributed by atoms with Gasteiger partial charge < -0.3 is 14.4 Å². The molecule has 0 aromatic carbocycles. The smallest absolute Gasteiger partial charge is 0.320 e. The summed E-state index contributed by atoms with van der Waals surface area (Å²) < 4.78 is 11.1. The van der Waals surface area contributed by atoms with E-state index in [0.29, 0.717) is 26.2 Å². The van der Waals surface area contributed by atoms with E-state index in [1.54, 1.807) is 0 Å². The molecule has 0 amide bonds. The van der Waals surface area contributed by atoms with Gasteiger partial charge in [0.1, 0.15) is 0 Å². The van der Waals surface area contributed by atoms with Crippen molar-refractivity contribution in [2.24, 2.45) is 5.92 Å². The molecule has 0 aliphatic rings. The van der Waals surface area contributed by atoms with Crippen molar-refractivity contribution < 1.29 is 19.1 Å². The molecule has 0 spiro atoms. The maximum absolute atomic E-state index is 12.8. The molecule has 0 bridgehead atoms. The van der Waals surface area contributed by atoms with Gasteiger partial charge in [-0.25, -0.2) is 0 Å². The summed E-state index contributed by atoms with van der Waals surface area (Å²) in [6.07, 6.45) is 48.4. The van der Waals surface area contributed by atoms with E-state index < -0.39 is 17.9 Å². The van der Waals surface area contributed by atoms with Crippen molar-refractivity contribution in [2.45, 2.75) is 181 Å². The van der Waals surface area contributed by atoms with Crippen molar-refractivity contribution in [1.82, 2.24) is 4.90 Å². The van der Waals surface area contributed by atoms with Gasteiger partial charge in [0.15, 0.2) is 5.92 Å². The number of ether oxygens (including phenoxy) is 2. The minimum atomic E-state index is -0.832. The Morgan fingerprint density at radius 2 is 0.796 bits per heavy atom. The Labute approximate surface area is 304 Å². The van der Waals surface area contributed by atoms with Crippen molar-refractivity contribution in [3.05, 3.63) is 48.6 Å². The van der Waals surface area contributed by atoms with Crippen LogP contribution in [-0.2, 0) is 19.1 Å². The van der Waals surface area contributed by atoms with E-state index in [1.807, 2.05) is 19.0 Å². The Balaban J connectivity index is 3.91. The van der Waals surface area contributed by atoms with Gasteiger partial charge >= 0.3 is 11.9 Å². The largest absolute Gasteiger partial charge is 0.465 e. The van der Waals surface area contributed by atoms with Gasteiger partial charge in [-0.15, -0.1) is 0 Å². The van der Waals surface area contributed by atoms with Gasteiger partial charge in [-0.3, -0.25) is 9.59 Å². The zero-order valence-corrected chi connectivity index (χ0v) is 32.8. The van der Waals surface area contributed by atoms with Crippen molar-refractivity contribution >= 4 is 11.9 Å². The lowest BCUT2D eigenvalue weighted by atomic mass is 10.1. The Bertz CT molecular complexity index is 844. The van der Waals surface area contributed by atoms with E-state index in [1.165, 1.54) is 96.3 Å². The second-order valence-corrected chi connectivity index (χ2v) is 14.0. The summed E-state index contributed by atoms with van der Waals surface area (Å²) in [4.78, 5) is 27.6. The van der Waals surface area contributed by atoms with Crippen LogP contribution < -0.4 is 0 Å². The molecule has 1 unspecified atom stereocenters. The van der Waals surface area contributed by atoms with E-state index in [9.17, 15) is 9.59 Å². The minimum absolute atomic E-state index is 0.380. The fraction of sp³-hybridized carbons (Fsp3) is 0.773. The number of esters is 2. The lowest BCUT2D eigenvalue weighted by Gasteiger charge is -2.17. The highest BCUT2D eigenvalue weighted by molar-refractivity contribution is 5.94. The third kappa shape index (κ3) is 35.5. The molecule has 49 heavy (non-hydrogen) atoms. The molecule has 0 saturated heterocycles. The van der Waals surface area contributed by atoms with Gasteiger partial charge in [0.25, 0.3) is 0 Å². The fourth-order valence-electron chi connectivity index (χ4n) is 5.62. The van der Waals surface area contributed by atoms with Crippen molar-refractivity contribution in [3.8, 4) is 0 Å². The quantitative estimate of drug-likeness (QED) is 0.0284. The molecule has 5 nitrogen and oxygen atoms in total. The van der Waals surface area contributed by atoms with Gasteiger partial charge in [0.05, 0.1) is 13.2 Å². The number of hydrogen-bond acceptors (Lipinski definition) is 5. The van der Waals surface area contributed by atoms with Crippen LogP contribution in [0.2, 0.25) is 0 Å². The van der Waals surface area contributed by atoms with Crippen LogP contribution in [0.5, 0.6) is 0 Å². The van der Waals surface area contributed by atoms with E-state index in [4.69, 9.17) is 9.47 Å². The standard InChI is InChI=1S/C44H79NO4/c1-5-7-9-11-13-15-17-19-21-23-25-27-29-31-33-35-37-41-49-44(47)42(38-39-45(3)4)43(46)48-40-36-34-32-30-28-26-24-22-20-18-16-14-12-10-8-6-2/h14-17,20-23,42H,5-13,18-19,24-41H2,1-4H3/b16-14-,17-15-,22-20-,23-21-. The molecule has 1 atom stereocenters. The van der Waals surface area contributed by atoms with Gasteiger partial charge in [-0.2, -0.15) is 0 Å². The number of carbonyl (C=O) groups excluding carboxylic acids is 2. The Morgan fingerprint density at radius 1 is 0.469 bits per heavy atom. The van der Waals surface area contributed by atoms with Gasteiger partial charge in [-0.05, 0) is 104 Å². The summed E-state index contributed by atoms with van der Waals surface area (Å²) in [5, 5.41) is 0. The number of hydrogen-bond donors (Lipinski definition) is 0. The zero-order valence-electron chi connectivity index (χ0n) is 32.8. The van der Waals surface area contributed by atoms with Crippen LogP contribution in [0.3, 0.4) is 0 Å². The van der Waals surface area contributed by atoms with Crippen molar-refractivity contribution in [2.75, 3.05) is 33.9 Å². The maximum Gasteiger partial charge on any atom is 0.320 e. The van der Waals surface area contributed by atoms with Crippen LogP contribution in [0.25, 0.3) is 0 Å². The van der Waals surface area contributed by atoms with Crippen LogP contribution in [0, 0.1) is 5.92 Å². The first-order valence-electron chi connectivity index (χ1n) is 20.6. The highest BCUT2D eigenvalue weighted by atomic mass is 16.6. The van der Waals surface area contributed by atoms with Gasteiger partial charge in [0, 0.05) is 0 Å². The number of unbranched alkanes of at least 4 members (excludes halogenated alkanes) is 19. The third-order valence-corrected chi connectivity index (χ3v) is 8.86. The SMILES string of the molecule is CCCCC/C=C\C/C=C\CCCCCCCCOC(=O)C(CCN(C)C)C(=O)OCCCCCCCC/C=C\C/C=C\CCCCCC. The van der Waals surface area contributed by atoms with Crippen LogP contribution >= 0.6 is 0 Å². The molecule has 0 rings (SSSR count). The van der Waals surface area contributed by atoms with Crippen LogP contribution in [0.4, 0.5) is 0 Å². The number of allylic oxidation sites excluding steroid dienone is 8. The summed E-state index contributed by atoms with van der Waals surface area (Å²) in [5.41, 5.74) is 0. The molecule has 5 heteroatoms. The predicted octanol–water partition coefficient (Wildman–Crippen LogP) is 12.7. The number of rotatable bonds is 36. The highest BCUT2D eigenvalue weighted by Crippen LogP contribution is 2.14. The van der Waals surface area contributed by atoms with Crippen LogP contribution in [0.1, 0.15) is 181 Å². The van der Waals surface area contributed by atoms with Crippen molar-refractivity contribution in [3.63, 3.8) is 0 Å². The predicted molar refractivity (Wildman–Crippen MR) is 212 cm³/mol. The van der Waals surface area contributed by atoms with Crippen LogP contribution in [-0.4, -0.2) is 50.7 Å². The van der Waals surface area contributed by atoms with E-state index in [-0.39, 0.29) is 0 Å². The molecular formula is C44H79NO4. The molecule has 0 aliphatic carbocycles. The second-order valence-electron chi connectivity index (χ2n) is 14.0. The highest BCUT2D eigenvalue weighted by Gasteiger charge is 2.29. The molecule has 0 aromatic rings. The zero-order chi connectivity index (χ0) is 35.9. The summed E-state index contributed by atoms with van der Waals surface area (Å²) >= 11 is 0. The summed E-state index contributed by atoms with van der Waals surface area (Å²) in [5.74, 6) is -1.69. The summed E-state index contributed by atoms with van der Waals surface area (Å²) in [6, 6.07) is 0. The Hall–Kier alpha value is -2.14. The summed E-state index contributed by atoms with van der Waals surface area (Å²) in [7, 11) is 3.89. The normalized spacial score (nSPS) is 12.8. The van der Waals surface area contributed by atoms with E-state index >= 15 is 0 Å². The second kappa shape index (κ2) is 38.7. The van der Waals surface area contributed by atoms with Crippen molar-refractivity contribution in [1.29, 1.82) is 0 Å². The van der Waals surface area contributed by atoms with Gasteiger partial charge in [-0.1, -0.05) is 146 Å². The fourth-order valence-corrected chi connectivity index (χ4v) is 5.62. The molecular weight excluding hydrogens is 606 g/mol. The first-order chi connectivity index (χ1) is 24.0. The third-order valence-electron chi connectivity index (χ3n) is 8.86. The minimum Gasteiger partial charge on any atom is -0.465 e. The lowest BCUT2D eigenvalue weighted by Crippen LogP contribution is -2.31. The number of carbonyl (C=O) groups is 2. The first-order valence-corrected chi connectivity index (χ1v) is 20.6. The maximum atomic E-state index is 12.8. The number of nitrogens with zero attached hydrogens (tertiary/aromatic N) is 1. The van der Waals surface area contributed by atoms with Crippen LogP contribution in [0.15, 0.2) is 48.6 Å². The monoisotopic (exact) mass is 686 g/mol. The molecule has 0 aromatic heterocycles. The molecule has 0 N–H and O–H groups in total. The lowest BCUT2D eigenvalue weighted by molar-refractivity contribution is -0.162. The molecule has 284 valence electrons. The molecule has 0 saturated carbocycles. The topological polar surface area (TPSA) is 55.8 Å². The molecule has 0 aliphatic heterocycles.